The second-order valence-corrected chi connectivity index (χ2v) is 9.64. The van der Waals surface area contributed by atoms with Crippen LogP contribution in [0.1, 0.15) is 18.4 Å². The maximum absolute atomic E-state index is 13.2. The maximum Gasteiger partial charge on any atom is 0.360 e. The average Bonchev–Trinajstić information content (AvgIpc) is 2.74. The summed E-state index contributed by atoms with van der Waals surface area (Å²) >= 11 is 1.76. The fourth-order valence-electron chi connectivity index (χ4n) is 3.41. The SMILES string of the molecule is C#CCOc1ccc([S+]([O-])C2(C(=O)O)CCN(Cc3ccc(Br)cc3)CC2)cc1. The molecule has 0 spiro atoms. The third-order valence-corrected chi connectivity index (χ3v) is 7.61. The highest BCUT2D eigenvalue weighted by atomic mass is 79.9. The zero-order valence-electron chi connectivity index (χ0n) is 15.8. The molecule has 1 aliphatic heterocycles. The molecule has 2 aromatic rings. The monoisotopic (exact) mass is 475 g/mol. The van der Waals surface area contributed by atoms with E-state index >= 15 is 0 Å². The van der Waals surface area contributed by atoms with E-state index in [0.717, 1.165) is 11.0 Å². The molecule has 1 atom stereocenters. The molecular formula is C22H22BrNO4S. The molecule has 1 fully saturated rings. The molecule has 2 aromatic carbocycles. The Bertz CT molecular complexity index is 871. The molecule has 1 saturated heterocycles. The maximum atomic E-state index is 13.2. The number of aliphatic carboxylic acids is 1. The summed E-state index contributed by atoms with van der Waals surface area (Å²) in [5.74, 6) is 1.94. The van der Waals surface area contributed by atoms with Crippen molar-refractivity contribution in [2.75, 3.05) is 19.7 Å². The number of terminal acetylenes is 1. The van der Waals surface area contributed by atoms with Gasteiger partial charge in [-0.3, -0.25) is 4.90 Å². The number of carboxylic acids is 1. The third-order valence-electron chi connectivity index (χ3n) is 5.09. The van der Waals surface area contributed by atoms with E-state index in [-0.39, 0.29) is 6.61 Å². The quantitative estimate of drug-likeness (QED) is 0.488. The molecule has 152 valence electrons. The van der Waals surface area contributed by atoms with Gasteiger partial charge >= 0.3 is 5.97 Å². The molecular weight excluding hydrogens is 454 g/mol. The molecule has 0 saturated carbocycles. The van der Waals surface area contributed by atoms with Gasteiger partial charge in [-0.05, 0) is 42.0 Å². The Kier molecular flexibility index (Phi) is 7.25. The number of piperidine rings is 1. The first kappa shape index (κ1) is 21.7. The van der Waals surface area contributed by atoms with Gasteiger partial charge in [-0.25, -0.2) is 4.79 Å². The molecule has 1 unspecified atom stereocenters. The van der Waals surface area contributed by atoms with Gasteiger partial charge in [0.2, 0.25) is 4.75 Å². The topological polar surface area (TPSA) is 72.8 Å². The number of carboxylic acid groups (broad SMARTS) is 1. The summed E-state index contributed by atoms with van der Waals surface area (Å²) in [6.45, 7) is 2.06. The van der Waals surface area contributed by atoms with Crippen molar-refractivity contribution in [1.29, 1.82) is 0 Å². The zero-order chi connectivity index (χ0) is 20.9. The van der Waals surface area contributed by atoms with Crippen molar-refractivity contribution in [3.05, 3.63) is 58.6 Å². The Labute approximate surface area is 182 Å². The summed E-state index contributed by atoms with van der Waals surface area (Å²) < 4.78 is 18.3. The molecule has 0 aliphatic carbocycles. The number of rotatable bonds is 7. The molecule has 1 heterocycles. The molecule has 5 nitrogen and oxygen atoms in total. The number of ether oxygens (including phenoxy) is 1. The smallest absolute Gasteiger partial charge is 0.360 e. The van der Waals surface area contributed by atoms with Crippen LogP contribution in [-0.4, -0.2) is 45.0 Å². The minimum Gasteiger partial charge on any atom is -0.611 e. The van der Waals surface area contributed by atoms with E-state index in [4.69, 9.17) is 11.2 Å². The number of hydrogen-bond donors (Lipinski definition) is 1. The lowest BCUT2D eigenvalue weighted by molar-refractivity contribution is -0.141. The van der Waals surface area contributed by atoms with Crippen LogP contribution in [0.15, 0.2) is 57.9 Å². The van der Waals surface area contributed by atoms with Crippen LogP contribution in [-0.2, 0) is 22.5 Å². The fourth-order valence-corrected chi connectivity index (χ4v) is 5.22. The van der Waals surface area contributed by atoms with Crippen molar-refractivity contribution in [1.82, 2.24) is 4.90 Å². The first-order valence-corrected chi connectivity index (χ1v) is 11.2. The van der Waals surface area contributed by atoms with Crippen LogP contribution in [0.2, 0.25) is 0 Å². The summed E-state index contributed by atoms with van der Waals surface area (Å²) in [7, 11) is 0. The fraction of sp³-hybridized carbons (Fsp3) is 0.318. The van der Waals surface area contributed by atoms with Gasteiger partial charge in [-0.15, -0.1) is 6.42 Å². The van der Waals surface area contributed by atoms with Gasteiger partial charge in [0.25, 0.3) is 0 Å². The average molecular weight is 476 g/mol. The summed E-state index contributed by atoms with van der Waals surface area (Å²) in [5.41, 5.74) is 1.17. The van der Waals surface area contributed by atoms with Crippen molar-refractivity contribution >= 4 is 33.1 Å². The Balaban J connectivity index is 1.68. The van der Waals surface area contributed by atoms with Gasteiger partial charge in [-0.1, -0.05) is 34.0 Å². The largest absolute Gasteiger partial charge is 0.611 e. The van der Waals surface area contributed by atoms with Crippen molar-refractivity contribution < 1.29 is 19.2 Å². The molecule has 0 bridgehead atoms. The Morgan fingerprint density at radius 2 is 1.83 bits per heavy atom. The summed E-state index contributed by atoms with van der Waals surface area (Å²) in [6, 6.07) is 14.7. The van der Waals surface area contributed by atoms with Gasteiger partial charge in [0.15, 0.2) is 4.90 Å². The molecule has 1 N–H and O–H groups in total. The molecule has 0 amide bonds. The second-order valence-electron chi connectivity index (χ2n) is 6.93. The molecule has 0 aromatic heterocycles. The lowest BCUT2D eigenvalue weighted by Crippen LogP contribution is -2.54. The minimum absolute atomic E-state index is 0.149. The highest BCUT2D eigenvalue weighted by Crippen LogP contribution is 2.36. The van der Waals surface area contributed by atoms with E-state index in [1.54, 1.807) is 24.3 Å². The molecule has 29 heavy (non-hydrogen) atoms. The van der Waals surface area contributed by atoms with E-state index in [0.29, 0.717) is 36.6 Å². The van der Waals surface area contributed by atoms with Crippen molar-refractivity contribution in [3.63, 3.8) is 0 Å². The van der Waals surface area contributed by atoms with Crippen molar-refractivity contribution in [2.45, 2.75) is 29.0 Å². The van der Waals surface area contributed by atoms with Gasteiger partial charge in [0, 0.05) is 48.1 Å². The van der Waals surface area contributed by atoms with Crippen LogP contribution in [0.4, 0.5) is 0 Å². The van der Waals surface area contributed by atoms with Gasteiger partial charge in [0.1, 0.15) is 12.4 Å². The van der Waals surface area contributed by atoms with Crippen LogP contribution in [0.25, 0.3) is 0 Å². The Morgan fingerprint density at radius 3 is 2.38 bits per heavy atom. The van der Waals surface area contributed by atoms with E-state index < -0.39 is 21.9 Å². The first-order valence-electron chi connectivity index (χ1n) is 9.23. The zero-order valence-corrected chi connectivity index (χ0v) is 18.2. The predicted molar refractivity (Wildman–Crippen MR) is 116 cm³/mol. The van der Waals surface area contributed by atoms with Crippen molar-refractivity contribution in [3.8, 4) is 18.1 Å². The standard InChI is InChI=1S/C22H22BrNO4S/c1-2-15-28-19-7-9-20(10-8-19)29(27)22(21(25)26)11-13-24(14-12-22)16-17-3-5-18(23)6-4-17/h1,3-10H,11-16H2,(H,25,26). The molecule has 7 heteroatoms. The van der Waals surface area contributed by atoms with Crippen LogP contribution in [0.5, 0.6) is 5.75 Å². The van der Waals surface area contributed by atoms with E-state index in [1.807, 2.05) is 24.3 Å². The van der Waals surface area contributed by atoms with Gasteiger partial charge in [-0.2, -0.15) is 0 Å². The normalized spacial score (nSPS) is 17.3. The molecule has 3 rings (SSSR count). The Hall–Kier alpha value is -1.98. The first-order chi connectivity index (χ1) is 13.9. The lowest BCUT2D eigenvalue weighted by atomic mass is 9.95. The number of carbonyl (C=O) groups is 1. The lowest BCUT2D eigenvalue weighted by Gasteiger charge is -2.39. The second kappa shape index (κ2) is 9.68. The van der Waals surface area contributed by atoms with Gasteiger partial charge in [0.05, 0.1) is 0 Å². The number of nitrogens with zero attached hydrogens (tertiary/aromatic N) is 1. The van der Waals surface area contributed by atoms with Crippen LogP contribution in [0.3, 0.4) is 0 Å². The van der Waals surface area contributed by atoms with Crippen LogP contribution >= 0.6 is 15.9 Å². The number of benzene rings is 2. The molecule has 0 radical (unpaired) electrons. The number of hydrogen-bond acceptors (Lipinski definition) is 4. The summed E-state index contributed by atoms with van der Waals surface area (Å²) in [4.78, 5) is 14.8. The van der Waals surface area contributed by atoms with E-state index in [9.17, 15) is 14.5 Å². The summed E-state index contributed by atoms with van der Waals surface area (Å²) in [6.07, 6.45) is 5.84. The van der Waals surface area contributed by atoms with Crippen LogP contribution in [0, 0.1) is 12.3 Å². The highest BCUT2D eigenvalue weighted by Gasteiger charge is 2.52. The Morgan fingerprint density at radius 1 is 1.21 bits per heavy atom. The van der Waals surface area contributed by atoms with Crippen molar-refractivity contribution in [2.24, 2.45) is 0 Å². The third kappa shape index (κ3) is 5.14. The number of halogens is 1. The molecule has 1 aliphatic rings. The van der Waals surface area contributed by atoms with Gasteiger partial charge < -0.3 is 14.4 Å². The van der Waals surface area contributed by atoms with E-state index in [1.165, 1.54) is 5.56 Å². The highest BCUT2D eigenvalue weighted by molar-refractivity contribution is 9.10. The summed E-state index contributed by atoms with van der Waals surface area (Å²) in [5, 5.41) is 9.93. The van der Waals surface area contributed by atoms with Crippen LogP contribution < -0.4 is 4.74 Å². The van der Waals surface area contributed by atoms with E-state index in [2.05, 4.69) is 26.8 Å². The number of likely N-dealkylation sites (tertiary alicyclic amines) is 1. The minimum atomic E-state index is -1.67. The predicted octanol–water partition coefficient (Wildman–Crippen LogP) is 3.69.